The van der Waals surface area contributed by atoms with Crippen molar-refractivity contribution in [2.45, 2.75) is 26.2 Å². The highest BCUT2D eigenvalue weighted by atomic mass is 16.5. The third-order valence-corrected chi connectivity index (χ3v) is 4.46. The Morgan fingerprint density at radius 3 is 2.60 bits per heavy atom. The zero-order valence-corrected chi connectivity index (χ0v) is 11.5. The maximum Gasteiger partial charge on any atom is 0.167 e. The number of aliphatic hydroxyl groups excluding tert-OH is 1. The van der Waals surface area contributed by atoms with Crippen molar-refractivity contribution in [1.29, 1.82) is 0 Å². The van der Waals surface area contributed by atoms with Crippen LogP contribution in [0.3, 0.4) is 0 Å². The highest BCUT2D eigenvalue weighted by molar-refractivity contribution is 6.24. The molecule has 1 aliphatic carbocycles. The molecule has 0 atom stereocenters. The Bertz CT molecular complexity index is 594. The molecule has 0 unspecified atom stereocenters. The first-order valence-corrected chi connectivity index (χ1v) is 6.88. The van der Waals surface area contributed by atoms with Gasteiger partial charge in [0.1, 0.15) is 11.5 Å². The van der Waals surface area contributed by atoms with E-state index in [2.05, 4.69) is 0 Å². The lowest BCUT2D eigenvalue weighted by atomic mass is 9.78. The van der Waals surface area contributed by atoms with Gasteiger partial charge in [0.15, 0.2) is 5.78 Å². The van der Waals surface area contributed by atoms with Crippen LogP contribution in [0.1, 0.15) is 30.4 Å². The lowest BCUT2D eigenvalue weighted by molar-refractivity contribution is -0.115. The average molecular weight is 274 g/mol. The summed E-state index contributed by atoms with van der Waals surface area (Å²) in [6.07, 6.45) is 1.69. The van der Waals surface area contributed by atoms with Gasteiger partial charge in [0.2, 0.25) is 0 Å². The number of benzene rings is 1. The van der Waals surface area contributed by atoms with Gasteiger partial charge in [-0.15, -0.1) is 0 Å². The normalized spacial score (nSPS) is 21.8. The minimum absolute atomic E-state index is 0.0434. The molecule has 106 valence electrons. The van der Waals surface area contributed by atoms with E-state index >= 15 is 0 Å². The van der Waals surface area contributed by atoms with E-state index < -0.39 is 5.41 Å². The van der Waals surface area contributed by atoms with Crippen molar-refractivity contribution in [1.82, 2.24) is 0 Å². The number of phenols is 1. The maximum absolute atomic E-state index is 12.4. The van der Waals surface area contributed by atoms with Crippen molar-refractivity contribution in [3.8, 4) is 5.75 Å². The molecule has 1 saturated heterocycles. The second kappa shape index (κ2) is 4.63. The summed E-state index contributed by atoms with van der Waals surface area (Å²) in [4.78, 5) is 12.4. The fourth-order valence-electron chi connectivity index (χ4n) is 3.21. The first-order chi connectivity index (χ1) is 9.53. The van der Waals surface area contributed by atoms with Crippen molar-refractivity contribution in [2.24, 2.45) is 5.41 Å². The van der Waals surface area contributed by atoms with Gasteiger partial charge in [-0.05, 0) is 43.0 Å². The summed E-state index contributed by atoms with van der Waals surface area (Å²) >= 11 is 0. The van der Waals surface area contributed by atoms with Crippen LogP contribution in [0, 0.1) is 12.3 Å². The Hall–Kier alpha value is -1.81. The molecule has 1 aromatic carbocycles. The highest BCUT2D eigenvalue weighted by Gasteiger charge is 2.47. The number of ether oxygens (including phenoxy) is 1. The molecule has 4 nitrogen and oxygen atoms in total. The maximum atomic E-state index is 12.4. The molecule has 2 N–H and O–H groups in total. The topological polar surface area (TPSA) is 66.8 Å². The Balaban J connectivity index is 2.11. The first kappa shape index (κ1) is 13.2. The molecule has 4 heteroatoms. The van der Waals surface area contributed by atoms with E-state index in [1.807, 2.05) is 6.92 Å². The van der Waals surface area contributed by atoms with Crippen LogP contribution in [0.5, 0.6) is 5.75 Å². The number of aryl methyl sites for hydroxylation is 1. The fraction of sp³-hybridized carbons (Fsp3) is 0.438. The second-order valence-electron chi connectivity index (χ2n) is 5.72. The van der Waals surface area contributed by atoms with Crippen LogP contribution < -0.4 is 0 Å². The van der Waals surface area contributed by atoms with Crippen molar-refractivity contribution < 1.29 is 19.7 Å². The van der Waals surface area contributed by atoms with Crippen molar-refractivity contribution in [3.63, 3.8) is 0 Å². The molecule has 1 fully saturated rings. The monoisotopic (exact) mass is 274 g/mol. The number of rotatable bonds is 1. The molecule has 0 saturated carbocycles. The first-order valence-electron chi connectivity index (χ1n) is 6.88. The Labute approximate surface area is 117 Å². The van der Waals surface area contributed by atoms with Crippen molar-refractivity contribution in [3.05, 3.63) is 35.1 Å². The summed E-state index contributed by atoms with van der Waals surface area (Å²) in [5.41, 5.74) is 1.43. The van der Waals surface area contributed by atoms with Crippen molar-refractivity contribution in [2.75, 3.05) is 13.2 Å². The second-order valence-corrected chi connectivity index (χ2v) is 5.72. The van der Waals surface area contributed by atoms with Crippen LogP contribution >= 0.6 is 0 Å². The summed E-state index contributed by atoms with van der Waals surface area (Å²) in [6.45, 7) is 3.02. The smallest absolute Gasteiger partial charge is 0.167 e. The van der Waals surface area contributed by atoms with Gasteiger partial charge in [-0.25, -0.2) is 0 Å². The molecule has 1 aliphatic heterocycles. The number of ketones is 1. The van der Waals surface area contributed by atoms with Crippen LogP contribution in [0.2, 0.25) is 0 Å². The molecule has 1 aromatic rings. The van der Waals surface area contributed by atoms with Gasteiger partial charge in [0, 0.05) is 25.0 Å². The lowest BCUT2D eigenvalue weighted by Gasteiger charge is -2.32. The van der Waals surface area contributed by atoms with Crippen LogP contribution in [0.25, 0.3) is 5.57 Å². The summed E-state index contributed by atoms with van der Waals surface area (Å²) < 4.78 is 5.34. The third-order valence-electron chi connectivity index (χ3n) is 4.46. The Morgan fingerprint density at radius 2 is 1.90 bits per heavy atom. The zero-order valence-electron chi connectivity index (χ0n) is 11.5. The molecule has 20 heavy (non-hydrogen) atoms. The van der Waals surface area contributed by atoms with Gasteiger partial charge in [-0.3, -0.25) is 4.79 Å². The van der Waals surface area contributed by atoms with Crippen LogP contribution in [0.4, 0.5) is 0 Å². The van der Waals surface area contributed by atoms with Crippen LogP contribution in [-0.4, -0.2) is 29.2 Å². The molecule has 0 amide bonds. The molecular formula is C16H18O4. The number of aromatic hydroxyl groups is 1. The predicted octanol–water partition coefficient (Wildman–Crippen LogP) is 2.74. The minimum atomic E-state index is -0.456. The third kappa shape index (κ3) is 1.91. The van der Waals surface area contributed by atoms with Crippen LogP contribution in [0.15, 0.2) is 24.0 Å². The lowest BCUT2D eigenvalue weighted by Crippen LogP contribution is -2.29. The van der Waals surface area contributed by atoms with E-state index in [0.29, 0.717) is 43.6 Å². The number of hydrogen-bond acceptors (Lipinski definition) is 4. The minimum Gasteiger partial charge on any atom is -0.511 e. The SMILES string of the molecule is Cc1ccc(O)cc1C1=C(O)C2(CCOCC2)CC1=O. The average Bonchev–Trinajstić information content (AvgIpc) is 2.65. The Morgan fingerprint density at radius 1 is 1.20 bits per heavy atom. The molecule has 3 rings (SSSR count). The van der Waals surface area contributed by atoms with E-state index in [-0.39, 0.29) is 17.3 Å². The summed E-state index contributed by atoms with van der Waals surface area (Å²) in [5.74, 6) is 0.240. The van der Waals surface area contributed by atoms with Gasteiger partial charge in [-0.1, -0.05) is 6.07 Å². The molecular weight excluding hydrogens is 256 g/mol. The summed E-state index contributed by atoms with van der Waals surface area (Å²) in [5, 5.41) is 20.3. The number of carbonyl (C=O) groups excluding carboxylic acids is 1. The zero-order chi connectivity index (χ0) is 14.3. The van der Waals surface area contributed by atoms with Crippen LogP contribution in [-0.2, 0) is 9.53 Å². The number of carbonyl (C=O) groups is 1. The van der Waals surface area contributed by atoms with Crippen molar-refractivity contribution >= 4 is 11.4 Å². The number of aliphatic hydroxyl groups is 1. The van der Waals surface area contributed by atoms with Gasteiger partial charge in [0.25, 0.3) is 0 Å². The number of phenolic OH excluding ortho intramolecular Hbond substituents is 1. The largest absolute Gasteiger partial charge is 0.511 e. The van der Waals surface area contributed by atoms with E-state index in [1.54, 1.807) is 18.2 Å². The highest BCUT2D eigenvalue weighted by Crippen LogP contribution is 2.50. The van der Waals surface area contributed by atoms with Gasteiger partial charge < -0.3 is 14.9 Å². The van der Waals surface area contributed by atoms with E-state index in [0.717, 1.165) is 5.56 Å². The molecule has 1 spiro atoms. The standard InChI is InChI=1S/C16H18O4/c1-10-2-3-11(17)8-12(10)14-13(18)9-16(15(14)19)4-6-20-7-5-16/h2-3,8,17,19H,4-7,9H2,1H3. The van der Waals surface area contributed by atoms with Gasteiger partial charge in [0.05, 0.1) is 5.57 Å². The van der Waals surface area contributed by atoms with Gasteiger partial charge in [-0.2, -0.15) is 0 Å². The molecule has 1 heterocycles. The van der Waals surface area contributed by atoms with E-state index in [1.165, 1.54) is 0 Å². The molecule has 0 radical (unpaired) electrons. The molecule has 2 aliphatic rings. The van der Waals surface area contributed by atoms with Gasteiger partial charge >= 0.3 is 0 Å². The summed E-state index contributed by atoms with van der Waals surface area (Å²) in [6, 6.07) is 4.89. The fourth-order valence-corrected chi connectivity index (χ4v) is 3.21. The quantitative estimate of drug-likeness (QED) is 0.826. The number of Topliss-reactive ketones (excluding diaryl/α,β-unsaturated/α-hetero) is 1. The molecule has 0 bridgehead atoms. The molecule has 0 aromatic heterocycles. The Kier molecular flexibility index (Phi) is 3.05. The predicted molar refractivity (Wildman–Crippen MR) is 74.5 cm³/mol. The van der Waals surface area contributed by atoms with E-state index in [9.17, 15) is 15.0 Å². The number of allylic oxidation sites excluding steroid dienone is 2. The number of hydrogen-bond donors (Lipinski definition) is 2. The van der Waals surface area contributed by atoms with E-state index in [4.69, 9.17) is 4.74 Å². The summed E-state index contributed by atoms with van der Waals surface area (Å²) in [7, 11) is 0.